The lowest BCUT2D eigenvalue weighted by atomic mass is 10.2. The van der Waals surface area contributed by atoms with Gasteiger partial charge < -0.3 is 10.1 Å². The van der Waals surface area contributed by atoms with Gasteiger partial charge in [-0.1, -0.05) is 13.8 Å². The Morgan fingerprint density at radius 1 is 1.50 bits per heavy atom. The standard InChI is InChI=1S/C7H15NO.ClH/c1-6(2)5-9-7-3-8-4-7;/h6-8H,3-5H2,1-2H3;1H. The number of rotatable bonds is 3. The number of ether oxygens (including phenoxy) is 1. The Balaban J connectivity index is 0.000000810. The number of hydrogen-bond donors (Lipinski definition) is 1. The summed E-state index contributed by atoms with van der Waals surface area (Å²) in [6, 6.07) is 0. The molecule has 0 unspecified atom stereocenters. The van der Waals surface area contributed by atoms with Crippen molar-refractivity contribution >= 4 is 12.4 Å². The minimum Gasteiger partial charge on any atom is -0.375 e. The quantitative estimate of drug-likeness (QED) is 0.675. The molecule has 1 fully saturated rings. The molecule has 62 valence electrons. The van der Waals surface area contributed by atoms with Crippen LogP contribution in [-0.2, 0) is 4.74 Å². The molecule has 3 heteroatoms. The third-order valence-corrected chi connectivity index (χ3v) is 1.41. The first kappa shape index (κ1) is 10.2. The molecular weight excluding hydrogens is 150 g/mol. The maximum absolute atomic E-state index is 5.48. The smallest absolute Gasteiger partial charge is 0.0823 e. The largest absolute Gasteiger partial charge is 0.375 e. The number of halogens is 1. The van der Waals surface area contributed by atoms with Crippen LogP contribution in [0.25, 0.3) is 0 Å². The lowest BCUT2D eigenvalue weighted by Gasteiger charge is -2.27. The summed E-state index contributed by atoms with van der Waals surface area (Å²) < 4.78 is 5.48. The predicted octanol–water partition coefficient (Wildman–Crippen LogP) is 1.05. The number of hydrogen-bond acceptors (Lipinski definition) is 2. The summed E-state index contributed by atoms with van der Waals surface area (Å²) >= 11 is 0. The molecule has 1 rings (SSSR count). The summed E-state index contributed by atoms with van der Waals surface area (Å²) in [5.41, 5.74) is 0. The van der Waals surface area contributed by atoms with Gasteiger partial charge in [0.05, 0.1) is 6.10 Å². The van der Waals surface area contributed by atoms with Gasteiger partial charge in [-0.05, 0) is 5.92 Å². The molecular formula is C7H16ClNO. The molecule has 1 heterocycles. The molecule has 0 radical (unpaired) electrons. The van der Waals surface area contributed by atoms with E-state index in [1.807, 2.05) is 0 Å². The summed E-state index contributed by atoms with van der Waals surface area (Å²) in [6.45, 7) is 7.35. The SMILES string of the molecule is CC(C)COC1CNC1.Cl. The van der Waals surface area contributed by atoms with Crippen molar-refractivity contribution in [2.24, 2.45) is 5.92 Å². The Kier molecular flexibility index (Phi) is 5.04. The average molecular weight is 166 g/mol. The molecule has 0 aromatic heterocycles. The van der Waals surface area contributed by atoms with Crippen molar-refractivity contribution in [1.82, 2.24) is 5.32 Å². The van der Waals surface area contributed by atoms with E-state index in [4.69, 9.17) is 4.74 Å². The Morgan fingerprint density at radius 2 is 2.10 bits per heavy atom. The van der Waals surface area contributed by atoms with Gasteiger partial charge >= 0.3 is 0 Å². The van der Waals surface area contributed by atoms with E-state index in [0.717, 1.165) is 19.7 Å². The van der Waals surface area contributed by atoms with E-state index >= 15 is 0 Å². The Morgan fingerprint density at radius 3 is 2.40 bits per heavy atom. The molecule has 0 atom stereocenters. The molecule has 0 amide bonds. The van der Waals surface area contributed by atoms with Gasteiger partial charge in [-0.2, -0.15) is 0 Å². The molecule has 10 heavy (non-hydrogen) atoms. The molecule has 0 saturated carbocycles. The molecule has 0 bridgehead atoms. The maximum Gasteiger partial charge on any atom is 0.0823 e. The van der Waals surface area contributed by atoms with E-state index in [1.165, 1.54) is 0 Å². The van der Waals surface area contributed by atoms with Crippen LogP contribution in [0, 0.1) is 5.92 Å². The highest BCUT2D eigenvalue weighted by molar-refractivity contribution is 5.85. The van der Waals surface area contributed by atoms with Gasteiger partial charge in [0, 0.05) is 19.7 Å². The van der Waals surface area contributed by atoms with Crippen molar-refractivity contribution in [2.45, 2.75) is 20.0 Å². The topological polar surface area (TPSA) is 21.3 Å². The molecule has 1 N–H and O–H groups in total. The molecule has 0 aromatic carbocycles. The van der Waals surface area contributed by atoms with Crippen LogP contribution >= 0.6 is 12.4 Å². The third-order valence-electron chi connectivity index (χ3n) is 1.41. The van der Waals surface area contributed by atoms with E-state index in [2.05, 4.69) is 19.2 Å². The monoisotopic (exact) mass is 165 g/mol. The first-order chi connectivity index (χ1) is 4.29. The first-order valence-electron chi connectivity index (χ1n) is 3.61. The minimum atomic E-state index is 0. The fraction of sp³-hybridized carbons (Fsp3) is 1.00. The van der Waals surface area contributed by atoms with Gasteiger partial charge in [0.15, 0.2) is 0 Å². The Labute approximate surface area is 68.7 Å². The molecule has 2 nitrogen and oxygen atoms in total. The Hall–Kier alpha value is 0.210. The van der Waals surface area contributed by atoms with Gasteiger partial charge in [-0.3, -0.25) is 0 Å². The van der Waals surface area contributed by atoms with E-state index < -0.39 is 0 Å². The summed E-state index contributed by atoms with van der Waals surface area (Å²) in [5.74, 6) is 0.672. The second kappa shape index (κ2) is 4.94. The van der Waals surface area contributed by atoms with E-state index in [-0.39, 0.29) is 12.4 Å². The fourth-order valence-electron chi connectivity index (χ4n) is 0.709. The summed E-state index contributed by atoms with van der Waals surface area (Å²) in [4.78, 5) is 0. The van der Waals surface area contributed by atoms with Crippen LogP contribution in [0.2, 0.25) is 0 Å². The third kappa shape index (κ3) is 3.40. The van der Waals surface area contributed by atoms with E-state index in [9.17, 15) is 0 Å². The Bertz CT molecular complexity index is 83.7. The van der Waals surface area contributed by atoms with Crippen LogP contribution in [0.4, 0.5) is 0 Å². The molecule has 0 spiro atoms. The van der Waals surface area contributed by atoms with Crippen LogP contribution in [0.5, 0.6) is 0 Å². The minimum absolute atomic E-state index is 0. The zero-order chi connectivity index (χ0) is 6.69. The van der Waals surface area contributed by atoms with Crippen molar-refractivity contribution in [3.63, 3.8) is 0 Å². The maximum atomic E-state index is 5.48. The summed E-state index contributed by atoms with van der Waals surface area (Å²) in [6.07, 6.45) is 0.507. The molecule has 0 aromatic rings. The van der Waals surface area contributed by atoms with Crippen molar-refractivity contribution in [1.29, 1.82) is 0 Å². The normalized spacial score (nSPS) is 18.3. The van der Waals surface area contributed by atoms with Gasteiger partial charge in [0.25, 0.3) is 0 Å². The average Bonchev–Trinajstić information content (AvgIpc) is 1.60. The van der Waals surface area contributed by atoms with Crippen LogP contribution in [0.3, 0.4) is 0 Å². The highest BCUT2D eigenvalue weighted by Gasteiger charge is 2.16. The second-order valence-electron chi connectivity index (χ2n) is 3.01. The number of nitrogens with one attached hydrogen (secondary N) is 1. The summed E-state index contributed by atoms with van der Waals surface area (Å²) in [5, 5.41) is 3.16. The van der Waals surface area contributed by atoms with Crippen molar-refractivity contribution in [2.75, 3.05) is 19.7 Å². The van der Waals surface area contributed by atoms with E-state index in [1.54, 1.807) is 0 Å². The van der Waals surface area contributed by atoms with Crippen LogP contribution < -0.4 is 5.32 Å². The predicted molar refractivity (Wildman–Crippen MR) is 44.7 cm³/mol. The second-order valence-corrected chi connectivity index (χ2v) is 3.01. The van der Waals surface area contributed by atoms with Crippen molar-refractivity contribution in [3.05, 3.63) is 0 Å². The van der Waals surface area contributed by atoms with Gasteiger partial charge in [0.2, 0.25) is 0 Å². The molecule has 1 aliphatic heterocycles. The van der Waals surface area contributed by atoms with Crippen LogP contribution in [0.1, 0.15) is 13.8 Å². The highest BCUT2D eigenvalue weighted by Crippen LogP contribution is 2.01. The lowest BCUT2D eigenvalue weighted by Crippen LogP contribution is -2.48. The first-order valence-corrected chi connectivity index (χ1v) is 3.61. The van der Waals surface area contributed by atoms with E-state index in [0.29, 0.717) is 12.0 Å². The van der Waals surface area contributed by atoms with Crippen LogP contribution in [-0.4, -0.2) is 25.8 Å². The molecule has 1 saturated heterocycles. The van der Waals surface area contributed by atoms with Gasteiger partial charge in [0.1, 0.15) is 0 Å². The van der Waals surface area contributed by atoms with Crippen molar-refractivity contribution in [3.8, 4) is 0 Å². The lowest BCUT2D eigenvalue weighted by molar-refractivity contribution is 0.00492. The highest BCUT2D eigenvalue weighted by atomic mass is 35.5. The molecule has 0 aliphatic carbocycles. The van der Waals surface area contributed by atoms with Crippen molar-refractivity contribution < 1.29 is 4.74 Å². The van der Waals surface area contributed by atoms with Crippen LogP contribution in [0.15, 0.2) is 0 Å². The van der Waals surface area contributed by atoms with Gasteiger partial charge in [-0.25, -0.2) is 0 Å². The summed E-state index contributed by atoms with van der Waals surface area (Å²) in [7, 11) is 0. The molecule has 1 aliphatic rings. The van der Waals surface area contributed by atoms with Gasteiger partial charge in [-0.15, -0.1) is 12.4 Å². The fourth-order valence-corrected chi connectivity index (χ4v) is 0.709. The zero-order valence-corrected chi connectivity index (χ0v) is 7.41. The zero-order valence-electron chi connectivity index (χ0n) is 6.59.